The molecule has 1 aromatic heterocycles. The van der Waals surface area contributed by atoms with Crippen LogP contribution in [0.5, 0.6) is 0 Å². The van der Waals surface area contributed by atoms with Crippen molar-refractivity contribution in [2.75, 3.05) is 26.7 Å². The number of H-pyrrole nitrogens is 1. The molecule has 0 radical (unpaired) electrons. The van der Waals surface area contributed by atoms with E-state index in [2.05, 4.69) is 28.3 Å². The number of aromatic amines is 1. The molecule has 0 aliphatic carbocycles. The number of aryl methyl sites for hydroxylation is 2. The summed E-state index contributed by atoms with van der Waals surface area (Å²) in [7, 11) is 1.97. The molecule has 0 spiro atoms. The Morgan fingerprint density at radius 1 is 1.42 bits per heavy atom. The number of carbonyl (C=O) groups excluding carboxylic acids is 1. The molecule has 1 aliphatic rings. The van der Waals surface area contributed by atoms with Crippen molar-refractivity contribution in [2.24, 2.45) is 5.92 Å². The summed E-state index contributed by atoms with van der Waals surface area (Å²) in [6.45, 7) is 4.83. The molecule has 1 aliphatic heterocycles. The zero-order valence-electron chi connectivity index (χ0n) is 14.2. The van der Waals surface area contributed by atoms with Crippen LogP contribution in [0.3, 0.4) is 0 Å². The molecule has 1 unspecified atom stereocenters. The number of likely N-dealkylation sites (tertiary alicyclic amines) is 1. The molecule has 24 heavy (non-hydrogen) atoms. The van der Waals surface area contributed by atoms with E-state index in [4.69, 9.17) is 0 Å². The van der Waals surface area contributed by atoms with Gasteiger partial charge < -0.3 is 15.2 Å². The Kier molecular flexibility index (Phi) is 8.00. The highest BCUT2D eigenvalue weighted by molar-refractivity contribution is 5.85. The van der Waals surface area contributed by atoms with Gasteiger partial charge in [0.25, 0.3) is 0 Å². The Balaban J connectivity index is 0.00000144. The summed E-state index contributed by atoms with van der Waals surface area (Å²) in [5.41, 5.74) is 3.23. The lowest BCUT2D eigenvalue weighted by molar-refractivity contribution is -0.130. The van der Waals surface area contributed by atoms with Gasteiger partial charge >= 0.3 is 0 Å². The number of nitrogens with zero attached hydrogens (tertiary/aromatic N) is 2. The normalized spacial score (nSPS) is 16.8. The summed E-state index contributed by atoms with van der Waals surface area (Å²) in [6.07, 6.45) is 2.32. The van der Waals surface area contributed by atoms with Crippen molar-refractivity contribution >= 4 is 41.8 Å². The van der Waals surface area contributed by atoms with E-state index in [1.165, 1.54) is 5.56 Å². The molecular weight excluding hydrogens is 347 g/mol. The number of para-hydroxylation sites is 1. The maximum Gasteiger partial charge on any atom is 0.223 e. The fourth-order valence-corrected chi connectivity index (χ4v) is 3.24. The molecule has 1 fully saturated rings. The SMILES string of the molecule is CNCC1CCN(C(=O)CCc2nc3c(C)cccc3[nH]2)C1.Cl.Cl. The van der Waals surface area contributed by atoms with E-state index >= 15 is 0 Å². The largest absolute Gasteiger partial charge is 0.342 e. The molecule has 1 aromatic carbocycles. The maximum atomic E-state index is 12.3. The van der Waals surface area contributed by atoms with E-state index in [0.29, 0.717) is 18.8 Å². The van der Waals surface area contributed by atoms with Gasteiger partial charge in [-0.25, -0.2) is 4.98 Å². The van der Waals surface area contributed by atoms with Crippen LogP contribution in [-0.4, -0.2) is 47.5 Å². The minimum absolute atomic E-state index is 0. The van der Waals surface area contributed by atoms with Crippen LogP contribution in [0.4, 0.5) is 0 Å². The number of fused-ring (bicyclic) bond motifs is 1. The lowest BCUT2D eigenvalue weighted by Crippen LogP contribution is -2.30. The first-order chi connectivity index (χ1) is 10.7. The Morgan fingerprint density at radius 2 is 2.21 bits per heavy atom. The molecular formula is C17H26Cl2N4O. The lowest BCUT2D eigenvalue weighted by atomic mass is 10.1. The molecule has 2 N–H and O–H groups in total. The second-order valence-electron chi connectivity index (χ2n) is 6.21. The van der Waals surface area contributed by atoms with Crippen molar-refractivity contribution in [3.05, 3.63) is 29.6 Å². The fraction of sp³-hybridized carbons (Fsp3) is 0.529. The van der Waals surface area contributed by atoms with Crippen molar-refractivity contribution in [1.82, 2.24) is 20.2 Å². The highest BCUT2D eigenvalue weighted by Gasteiger charge is 2.25. The van der Waals surface area contributed by atoms with Gasteiger partial charge in [-0.15, -0.1) is 24.8 Å². The number of hydrogen-bond acceptors (Lipinski definition) is 3. The van der Waals surface area contributed by atoms with Crippen molar-refractivity contribution < 1.29 is 4.79 Å². The molecule has 3 rings (SSSR count). The number of hydrogen-bond donors (Lipinski definition) is 2. The topological polar surface area (TPSA) is 61.0 Å². The number of imidazole rings is 1. The predicted molar refractivity (Wildman–Crippen MR) is 102 cm³/mol. The van der Waals surface area contributed by atoms with E-state index in [1.807, 2.05) is 24.1 Å². The highest BCUT2D eigenvalue weighted by Crippen LogP contribution is 2.18. The predicted octanol–water partition coefficient (Wildman–Crippen LogP) is 2.72. The van der Waals surface area contributed by atoms with E-state index in [9.17, 15) is 4.79 Å². The van der Waals surface area contributed by atoms with Gasteiger partial charge in [-0.2, -0.15) is 0 Å². The first-order valence-electron chi connectivity index (χ1n) is 8.04. The fourth-order valence-electron chi connectivity index (χ4n) is 3.24. The van der Waals surface area contributed by atoms with E-state index in [-0.39, 0.29) is 30.7 Å². The van der Waals surface area contributed by atoms with E-state index < -0.39 is 0 Å². The van der Waals surface area contributed by atoms with Gasteiger partial charge in [0, 0.05) is 25.9 Å². The monoisotopic (exact) mass is 372 g/mol. The van der Waals surface area contributed by atoms with Gasteiger partial charge in [0.05, 0.1) is 11.0 Å². The van der Waals surface area contributed by atoms with Crippen LogP contribution in [0.2, 0.25) is 0 Å². The van der Waals surface area contributed by atoms with Gasteiger partial charge in [-0.1, -0.05) is 12.1 Å². The number of amides is 1. The van der Waals surface area contributed by atoms with Crippen LogP contribution in [0.1, 0.15) is 24.2 Å². The van der Waals surface area contributed by atoms with E-state index in [0.717, 1.165) is 42.9 Å². The standard InChI is InChI=1S/C17H24N4O.2ClH/c1-12-4-3-5-14-17(12)20-15(19-14)6-7-16(22)21-9-8-13(11-21)10-18-2;;/h3-5,13,18H,6-11H2,1-2H3,(H,19,20);2*1H. The molecule has 134 valence electrons. The van der Waals surface area contributed by atoms with E-state index in [1.54, 1.807) is 0 Å². The minimum Gasteiger partial charge on any atom is -0.342 e. The third-order valence-corrected chi connectivity index (χ3v) is 4.47. The molecule has 5 nitrogen and oxygen atoms in total. The molecule has 1 saturated heterocycles. The van der Waals surface area contributed by atoms with Crippen LogP contribution >= 0.6 is 24.8 Å². The number of carbonyl (C=O) groups is 1. The van der Waals surface area contributed by atoms with Gasteiger partial charge in [-0.05, 0) is 44.5 Å². The second-order valence-corrected chi connectivity index (χ2v) is 6.21. The van der Waals surface area contributed by atoms with Crippen molar-refractivity contribution in [3.63, 3.8) is 0 Å². The molecule has 1 amide bonds. The Bertz CT molecular complexity index is 674. The van der Waals surface area contributed by atoms with Gasteiger partial charge in [0.2, 0.25) is 5.91 Å². The Morgan fingerprint density at radius 3 is 2.92 bits per heavy atom. The molecule has 2 aromatic rings. The molecule has 2 heterocycles. The summed E-state index contributed by atoms with van der Waals surface area (Å²) in [6, 6.07) is 6.12. The van der Waals surface area contributed by atoms with Crippen molar-refractivity contribution in [2.45, 2.75) is 26.2 Å². The van der Waals surface area contributed by atoms with Gasteiger partial charge in [-0.3, -0.25) is 4.79 Å². The molecule has 0 bridgehead atoms. The van der Waals surface area contributed by atoms with Crippen molar-refractivity contribution in [1.29, 1.82) is 0 Å². The smallest absolute Gasteiger partial charge is 0.223 e. The summed E-state index contributed by atoms with van der Waals surface area (Å²) in [5.74, 6) is 1.75. The average Bonchev–Trinajstić information content (AvgIpc) is 3.12. The highest BCUT2D eigenvalue weighted by atomic mass is 35.5. The summed E-state index contributed by atoms with van der Waals surface area (Å²) in [5, 5.41) is 3.19. The van der Waals surface area contributed by atoms with Crippen LogP contribution < -0.4 is 5.32 Å². The van der Waals surface area contributed by atoms with Crippen LogP contribution in [0, 0.1) is 12.8 Å². The summed E-state index contributed by atoms with van der Waals surface area (Å²) in [4.78, 5) is 22.2. The number of nitrogens with one attached hydrogen (secondary N) is 2. The lowest BCUT2D eigenvalue weighted by Gasteiger charge is -2.16. The number of aromatic nitrogens is 2. The van der Waals surface area contributed by atoms with Crippen molar-refractivity contribution in [3.8, 4) is 0 Å². The Labute approximate surface area is 155 Å². The second kappa shape index (κ2) is 9.25. The average molecular weight is 373 g/mol. The minimum atomic E-state index is 0. The van der Waals surface area contributed by atoms with Crippen LogP contribution in [0.25, 0.3) is 11.0 Å². The zero-order valence-corrected chi connectivity index (χ0v) is 15.8. The molecule has 0 saturated carbocycles. The van der Waals surface area contributed by atoms with Crippen LogP contribution in [0.15, 0.2) is 18.2 Å². The molecule has 1 atom stereocenters. The summed E-state index contributed by atoms with van der Waals surface area (Å²) < 4.78 is 0. The first kappa shape index (κ1) is 20.7. The number of rotatable bonds is 5. The zero-order chi connectivity index (χ0) is 15.5. The number of benzene rings is 1. The third-order valence-electron chi connectivity index (χ3n) is 4.47. The summed E-state index contributed by atoms with van der Waals surface area (Å²) >= 11 is 0. The number of halogens is 2. The van der Waals surface area contributed by atoms with Gasteiger partial charge in [0.15, 0.2) is 0 Å². The van der Waals surface area contributed by atoms with Gasteiger partial charge in [0.1, 0.15) is 5.82 Å². The molecule has 7 heteroatoms. The quantitative estimate of drug-likeness (QED) is 0.847. The maximum absolute atomic E-state index is 12.3. The first-order valence-corrected chi connectivity index (χ1v) is 8.04. The third kappa shape index (κ3) is 4.62. The Hall–Kier alpha value is -1.30. The van der Waals surface area contributed by atoms with Crippen LogP contribution in [-0.2, 0) is 11.2 Å².